The van der Waals surface area contributed by atoms with Crippen LogP contribution in [0.2, 0.25) is 0 Å². The molecule has 0 atom stereocenters. The highest BCUT2D eigenvalue weighted by atomic mass is 33.1. The molecule has 112 valence electrons. The lowest BCUT2D eigenvalue weighted by molar-refractivity contribution is 0.0531. The fourth-order valence-electron chi connectivity index (χ4n) is 0.867. The molecule has 0 fully saturated rings. The van der Waals surface area contributed by atoms with Crippen molar-refractivity contribution in [3.63, 3.8) is 0 Å². The van der Waals surface area contributed by atoms with Gasteiger partial charge in [-0.3, -0.25) is 0 Å². The molecule has 2 N–H and O–H groups in total. The maximum atomic E-state index is 11.3. The third-order valence-electron chi connectivity index (χ3n) is 1.54. The van der Waals surface area contributed by atoms with Gasteiger partial charge in [-0.15, -0.1) is 0 Å². The van der Waals surface area contributed by atoms with Crippen LogP contribution in [0.4, 0.5) is 9.59 Å². The molecule has 0 aliphatic carbocycles. The van der Waals surface area contributed by atoms with Crippen LogP contribution in [0.3, 0.4) is 0 Å². The van der Waals surface area contributed by atoms with E-state index in [2.05, 4.69) is 10.6 Å². The van der Waals surface area contributed by atoms with Crippen LogP contribution in [0, 0.1) is 0 Å². The minimum absolute atomic E-state index is 0.372. The van der Waals surface area contributed by atoms with Crippen molar-refractivity contribution in [1.82, 2.24) is 10.6 Å². The summed E-state index contributed by atoms with van der Waals surface area (Å²) in [6.07, 6.45) is -0.821. The number of hydrogen-bond acceptors (Lipinski definition) is 6. The van der Waals surface area contributed by atoms with Crippen LogP contribution in [-0.4, -0.2) is 49.5 Å². The topological polar surface area (TPSA) is 76.7 Å². The first-order valence-electron chi connectivity index (χ1n) is 5.91. The Morgan fingerprint density at radius 2 is 1.74 bits per heavy atom. The van der Waals surface area contributed by atoms with Gasteiger partial charge >= 0.3 is 12.2 Å². The van der Waals surface area contributed by atoms with E-state index in [9.17, 15) is 9.59 Å². The minimum atomic E-state index is -0.469. The molecule has 0 radical (unpaired) electrons. The lowest BCUT2D eigenvalue weighted by Gasteiger charge is -2.19. The van der Waals surface area contributed by atoms with Gasteiger partial charge in [-0.25, -0.2) is 9.59 Å². The summed E-state index contributed by atoms with van der Waals surface area (Å²) < 4.78 is 9.91. The number of carbonyl (C=O) groups is 2. The van der Waals surface area contributed by atoms with Gasteiger partial charge in [0.25, 0.3) is 0 Å². The van der Waals surface area contributed by atoms with E-state index in [0.717, 1.165) is 5.75 Å². The van der Waals surface area contributed by atoms with E-state index in [1.807, 2.05) is 20.8 Å². The summed E-state index contributed by atoms with van der Waals surface area (Å²) in [5.41, 5.74) is -0.469. The summed E-state index contributed by atoms with van der Waals surface area (Å²) >= 11 is 0. The van der Waals surface area contributed by atoms with Crippen molar-refractivity contribution in [3.05, 3.63) is 0 Å². The number of carbonyl (C=O) groups excluding carboxylic acids is 2. The fraction of sp³-hybridized carbons (Fsp3) is 0.818. The molecule has 0 bridgehead atoms. The van der Waals surface area contributed by atoms with Crippen LogP contribution in [0.15, 0.2) is 0 Å². The fourth-order valence-corrected chi connectivity index (χ4v) is 2.60. The summed E-state index contributed by atoms with van der Waals surface area (Å²) in [4.78, 5) is 22.0. The predicted molar refractivity (Wildman–Crippen MR) is 79.6 cm³/mol. The average Bonchev–Trinajstić information content (AvgIpc) is 2.29. The van der Waals surface area contributed by atoms with Gasteiger partial charge in [-0.1, -0.05) is 21.6 Å². The SMILES string of the molecule is CNC(=O)OCCSSCCNC(=O)OC(C)(C)C. The third-order valence-corrected chi connectivity index (χ3v) is 3.91. The minimum Gasteiger partial charge on any atom is -0.449 e. The van der Waals surface area contributed by atoms with Crippen LogP contribution in [-0.2, 0) is 9.47 Å². The average molecular weight is 310 g/mol. The van der Waals surface area contributed by atoms with Gasteiger partial charge in [0.15, 0.2) is 0 Å². The quantitative estimate of drug-likeness (QED) is 0.555. The Labute approximate surface area is 122 Å². The van der Waals surface area contributed by atoms with Gasteiger partial charge in [-0.2, -0.15) is 0 Å². The number of ether oxygens (including phenoxy) is 2. The van der Waals surface area contributed by atoms with Gasteiger partial charge in [0, 0.05) is 25.1 Å². The van der Waals surface area contributed by atoms with Crippen molar-refractivity contribution in [3.8, 4) is 0 Å². The normalized spacial score (nSPS) is 10.7. The van der Waals surface area contributed by atoms with Crippen LogP contribution < -0.4 is 10.6 Å². The Bertz CT molecular complexity index is 282. The number of alkyl carbamates (subject to hydrolysis) is 2. The van der Waals surface area contributed by atoms with Crippen molar-refractivity contribution >= 4 is 33.8 Å². The Kier molecular flexibility index (Phi) is 9.68. The highest BCUT2D eigenvalue weighted by Gasteiger charge is 2.15. The summed E-state index contributed by atoms with van der Waals surface area (Å²) in [6, 6.07) is 0. The van der Waals surface area contributed by atoms with E-state index in [0.29, 0.717) is 18.9 Å². The molecule has 0 aromatic rings. The molecule has 0 aliphatic rings. The van der Waals surface area contributed by atoms with Crippen molar-refractivity contribution in [2.75, 3.05) is 31.7 Å². The molecule has 0 aliphatic heterocycles. The maximum Gasteiger partial charge on any atom is 0.407 e. The largest absolute Gasteiger partial charge is 0.449 e. The van der Waals surface area contributed by atoms with Crippen LogP contribution in [0.1, 0.15) is 20.8 Å². The summed E-state index contributed by atoms with van der Waals surface area (Å²) in [7, 11) is 4.72. The van der Waals surface area contributed by atoms with Crippen LogP contribution in [0.25, 0.3) is 0 Å². The second kappa shape index (κ2) is 10.1. The Morgan fingerprint density at radius 1 is 1.11 bits per heavy atom. The molecule has 0 unspecified atom stereocenters. The first kappa shape index (κ1) is 18.2. The molecule has 2 amide bonds. The second-order valence-corrected chi connectivity index (χ2v) is 7.16. The molecule has 8 heteroatoms. The summed E-state index contributed by atoms with van der Waals surface area (Å²) in [6.45, 7) is 6.39. The molecule has 0 aromatic heterocycles. The molecule has 0 aromatic carbocycles. The van der Waals surface area contributed by atoms with Gasteiger partial charge in [0.05, 0.1) is 0 Å². The first-order valence-corrected chi connectivity index (χ1v) is 8.39. The van der Waals surface area contributed by atoms with E-state index in [4.69, 9.17) is 9.47 Å². The summed E-state index contributed by atoms with van der Waals surface area (Å²) in [5.74, 6) is 1.48. The second-order valence-electron chi connectivity index (χ2n) is 4.46. The van der Waals surface area contributed by atoms with Crippen molar-refractivity contribution in [1.29, 1.82) is 0 Å². The maximum absolute atomic E-state index is 11.3. The van der Waals surface area contributed by atoms with Gasteiger partial charge in [0.2, 0.25) is 0 Å². The molecule has 0 heterocycles. The van der Waals surface area contributed by atoms with Crippen molar-refractivity contribution in [2.45, 2.75) is 26.4 Å². The van der Waals surface area contributed by atoms with Gasteiger partial charge in [0.1, 0.15) is 12.2 Å². The smallest absolute Gasteiger partial charge is 0.407 e. The third kappa shape index (κ3) is 13.5. The van der Waals surface area contributed by atoms with E-state index >= 15 is 0 Å². The number of rotatable bonds is 7. The molecule has 19 heavy (non-hydrogen) atoms. The van der Waals surface area contributed by atoms with Gasteiger partial charge in [-0.05, 0) is 20.8 Å². The van der Waals surface area contributed by atoms with Crippen LogP contribution in [0.5, 0.6) is 0 Å². The molecule has 0 saturated heterocycles. The van der Waals surface area contributed by atoms with E-state index in [1.54, 1.807) is 21.6 Å². The molecule has 0 spiro atoms. The molecular formula is C11H22N2O4S2. The molecule has 0 rings (SSSR count). The Morgan fingerprint density at radius 3 is 2.32 bits per heavy atom. The zero-order chi connectivity index (χ0) is 14.7. The molecule has 0 saturated carbocycles. The number of hydrogen-bond donors (Lipinski definition) is 2. The van der Waals surface area contributed by atoms with Crippen LogP contribution >= 0.6 is 21.6 Å². The Balaban J connectivity index is 3.32. The summed E-state index contributed by atoms with van der Waals surface area (Å²) in [5, 5.41) is 5.04. The van der Waals surface area contributed by atoms with Crippen molar-refractivity contribution in [2.24, 2.45) is 0 Å². The Hall–Kier alpha value is -0.760. The monoisotopic (exact) mass is 310 g/mol. The first-order chi connectivity index (χ1) is 8.85. The highest BCUT2D eigenvalue weighted by molar-refractivity contribution is 8.76. The van der Waals surface area contributed by atoms with E-state index < -0.39 is 17.8 Å². The zero-order valence-electron chi connectivity index (χ0n) is 11.8. The van der Waals surface area contributed by atoms with E-state index in [-0.39, 0.29) is 0 Å². The number of amides is 2. The predicted octanol–water partition coefficient (Wildman–Crippen LogP) is 2.25. The van der Waals surface area contributed by atoms with E-state index in [1.165, 1.54) is 7.05 Å². The zero-order valence-corrected chi connectivity index (χ0v) is 13.4. The number of nitrogens with one attached hydrogen (secondary N) is 2. The lowest BCUT2D eigenvalue weighted by Crippen LogP contribution is -2.33. The van der Waals surface area contributed by atoms with Crippen molar-refractivity contribution < 1.29 is 19.1 Å². The van der Waals surface area contributed by atoms with Gasteiger partial charge < -0.3 is 20.1 Å². The highest BCUT2D eigenvalue weighted by Crippen LogP contribution is 2.19. The molecular weight excluding hydrogens is 288 g/mol. The standard InChI is InChI=1S/C11H22N2O4S2/c1-11(2,3)17-10(15)13-5-7-18-19-8-6-16-9(14)12-4/h5-8H2,1-4H3,(H,12,14)(H,13,15). The molecule has 6 nitrogen and oxygen atoms in total. The lowest BCUT2D eigenvalue weighted by atomic mass is 10.2.